The average molecular weight is 821 g/mol. The van der Waals surface area contributed by atoms with E-state index in [1.165, 1.54) is 0 Å². The third-order valence-electron chi connectivity index (χ3n) is 9.98. The largest absolute Gasteiger partial charge is 0.497 e. The molecule has 0 saturated heterocycles. The van der Waals surface area contributed by atoms with Crippen LogP contribution in [0.15, 0.2) is 65.3 Å². The Hall–Kier alpha value is -4.20. The smallest absolute Gasteiger partial charge is 0.389 e. The summed E-state index contributed by atoms with van der Waals surface area (Å²) in [6.07, 6.45) is 0. The molecule has 6 rings (SSSR count). The van der Waals surface area contributed by atoms with Gasteiger partial charge in [0.05, 0.1) is 28.4 Å². The number of benzene rings is 4. The summed E-state index contributed by atoms with van der Waals surface area (Å²) in [7, 11) is 2.53. The molecule has 0 bridgehead atoms. The quantitative estimate of drug-likeness (QED) is 0.138. The number of methoxy groups -OCH3 is 4. The van der Waals surface area contributed by atoms with Crippen LogP contribution in [0, 0.1) is 0 Å². The summed E-state index contributed by atoms with van der Waals surface area (Å²) in [6, 6.07) is 15.9. The van der Waals surface area contributed by atoms with Crippen molar-refractivity contribution in [2.45, 2.75) is 105 Å². The summed E-state index contributed by atoms with van der Waals surface area (Å²) in [4.78, 5) is 0. The Morgan fingerprint density at radius 2 is 0.579 bits per heavy atom. The average Bonchev–Trinajstić information content (AvgIpc) is 3.38. The Morgan fingerprint density at radius 3 is 0.754 bits per heavy atom. The minimum atomic E-state index is -2.07. The summed E-state index contributed by atoms with van der Waals surface area (Å²) in [5.41, 5.74) is 5.05. The summed E-state index contributed by atoms with van der Waals surface area (Å²) in [5, 5.41) is 3.26. The number of hydrogen-bond donors (Lipinski definition) is 0. The van der Waals surface area contributed by atoms with E-state index in [0.29, 0.717) is 45.3 Å². The van der Waals surface area contributed by atoms with Crippen LogP contribution in [0.3, 0.4) is 0 Å². The summed E-state index contributed by atoms with van der Waals surface area (Å²) in [6.45, 7) is 25.4. The Morgan fingerprint density at radius 1 is 0.368 bits per heavy atom. The minimum Gasteiger partial charge on any atom is -0.497 e. The second-order valence-electron chi connectivity index (χ2n) is 18.4. The number of fused-ring (bicyclic) bond motifs is 6. The molecule has 0 unspecified atom stereocenters. The van der Waals surface area contributed by atoms with Crippen LogP contribution >= 0.6 is 16.5 Å². The van der Waals surface area contributed by atoms with Gasteiger partial charge >= 0.3 is 16.5 Å². The van der Waals surface area contributed by atoms with Gasteiger partial charge in [0.2, 0.25) is 0 Å². The predicted octanol–water partition coefficient (Wildman–Crippen LogP) is 13.6. The molecule has 0 aliphatic carbocycles. The predicted molar refractivity (Wildman–Crippen MR) is 232 cm³/mol. The molecule has 2 heterocycles. The fourth-order valence-electron chi connectivity index (χ4n) is 6.85. The van der Waals surface area contributed by atoms with Gasteiger partial charge in [0, 0.05) is 43.8 Å². The highest BCUT2D eigenvalue weighted by Gasteiger charge is 2.28. The topological polar surface area (TPSA) is 108 Å². The molecule has 57 heavy (non-hydrogen) atoms. The molecule has 308 valence electrons. The molecule has 0 radical (unpaired) electrons. The van der Waals surface area contributed by atoms with Gasteiger partial charge in [-0.05, 0) is 70.2 Å². The molecule has 0 fully saturated rings. The van der Waals surface area contributed by atoms with Gasteiger partial charge in [0.1, 0.15) is 45.3 Å². The second-order valence-corrected chi connectivity index (χ2v) is 20.5. The first-order valence-electron chi connectivity index (χ1n) is 19.1. The fourth-order valence-corrected chi connectivity index (χ4v) is 8.88. The Balaban J connectivity index is 1.61. The lowest BCUT2D eigenvalue weighted by Crippen LogP contribution is -2.12. The highest BCUT2D eigenvalue weighted by atomic mass is 31.1. The molecule has 0 atom stereocenters. The molecule has 0 spiro atoms. The van der Waals surface area contributed by atoms with Crippen molar-refractivity contribution in [3.05, 3.63) is 70.8 Å². The van der Waals surface area contributed by atoms with Gasteiger partial charge < -0.3 is 35.7 Å². The molecule has 0 amide bonds. The molecular formula is C45H58O10P2. The first-order chi connectivity index (χ1) is 26.6. The van der Waals surface area contributed by atoms with Gasteiger partial charge in [0.25, 0.3) is 0 Å². The Labute approximate surface area is 338 Å². The van der Waals surface area contributed by atoms with E-state index < -0.39 is 16.5 Å². The van der Waals surface area contributed by atoms with Crippen LogP contribution in [0.1, 0.15) is 105 Å². The maximum Gasteiger partial charge on any atom is 0.389 e. The van der Waals surface area contributed by atoms with Gasteiger partial charge in [-0.1, -0.05) is 83.1 Å². The molecule has 0 N–H and O–H groups in total. The highest BCUT2D eigenvalue weighted by Crippen LogP contribution is 2.47. The van der Waals surface area contributed by atoms with Crippen molar-refractivity contribution in [3.63, 3.8) is 0 Å². The van der Waals surface area contributed by atoms with Crippen LogP contribution in [0.2, 0.25) is 0 Å². The molecular weight excluding hydrogens is 762 g/mol. The maximum atomic E-state index is 6.78. The van der Waals surface area contributed by atoms with Gasteiger partial charge in [-0.15, -0.1) is 0 Å². The lowest BCUT2D eigenvalue weighted by molar-refractivity contribution is 0.195. The zero-order chi connectivity index (χ0) is 41.8. The number of ether oxygens (including phenoxy) is 4. The van der Waals surface area contributed by atoms with Crippen LogP contribution in [0.5, 0.6) is 23.0 Å². The minimum absolute atomic E-state index is 0.253. The third-order valence-corrected chi connectivity index (χ3v) is 11.9. The monoisotopic (exact) mass is 820 g/mol. The summed E-state index contributed by atoms with van der Waals surface area (Å²) >= 11 is 0. The fraction of sp³-hybridized carbons (Fsp3) is 0.467. The van der Waals surface area contributed by atoms with E-state index in [-0.39, 0.29) is 28.5 Å². The zero-order valence-corrected chi connectivity index (χ0v) is 38.1. The molecule has 0 aliphatic rings. The van der Waals surface area contributed by atoms with Gasteiger partial charge in [-0.2, -0.15) is 0 Å². The van der Waals surface area contributed by atoms with E-state index in [9.17, 15) is 0 Å². The van der Waals surface area contributed by atoms with E-state index >= 15 is 0 Å². The van der Waals surface area contributed by atoms with Crippen LogP contribution in [-0.4, -0.2) is 35.2 Å². The first-order valence-corrected chi connectivity index (χ1v) is 21.2. The summed E-state index contributed by atoms with van der Waals surface area (Å²) in [5.74, 6) is 2.81. The molecule has 4 aromatic carbocycles. The van der Waals surface area contributed by atoms with E-state index in [1.54, 1.807) is 28.4 Å². The van der Waals surface area contributed by atoms with E-state index in [1.807, 2.05) is 48.5 Å². The number of rotatable bonds is 8. The van der Waals surface area contributed by atoms with Gasteiger partial charge in [0.15, 0.2) is 6.79 Å². The van der Waals surface area contributed by atoms with Crippen molar-refractivity contribution in [1.82, 2.24) is 0 Å². The third kappa shape index (κ3) is 8.66. The van der Waals surface area contributed by atoms with Gasteiger partial charge in [-0.3, -0.25) is 0 Å². The van der Waals surface area contributed by atoms with E-state index in [0.717, 1.165) is 43.8 Å². The lowest BCUT2D eigenvalue weighted by atomic mass is 9.84. The first kappa shape index (κ1) is 42.4. The van der Waals surface area contributed by atoms with Crippen molar-refractivity contribution in [1.29, 1.82) is 0 Å². The molecule has 0 aliphatic heterocycles. The number of hydrogen-bond acceptors (Lipinski definition) is 10. The molecule has 6 aromatic rings. The van der Waals surface area contributed by atoms with Crippen molar-refractivity contribution in [3.8, 4) is 23.0 Å². The van der Waals surface area contributed by atoms with Crippen LogP contribution < -0.4 is 28.0 Å². The maximum absolute atomic E-state index is 6.78. The highest BCUT2D eigenvalue weighted by molar-refractivity contribution is 7.32. The van der Waals surface area contributed by atoms with Gasteiger partial charge in [-0.25, -0.2) is 9.05 Å². The molecule has 0 saturated carbocycles. The van der Waals surface area contributed by atoms with E-state index in [2.05, 4.69) is 83.1 Å². The standard InChI is InChI=1S/C45H58O10P2/c1-42(2,3)34-21-26(46-13)17-30-31-18-27(47-14)22-35(43(4,5)6)39(31)53-56(52-38(30)34)50-25-51-57-54-40-32(19-28(48-15)23-36(40)44(7,8)9)33-20-29(49-16)24-37(41(33)55-57)45(10,11)12/h17-24H,25H2,1-16H3. The normalized spacial score (nSPS) is 12.8. The van der Waals surface area contributed by atoms with E-state index in [4.69, 9.17) is 44.8 Å². The second kappa shape index (κ2) is 15.5. The SMILES string of the molecule is COc1cc(C(C)(C)C)c2op(OCOp3oc4c(C(C)(C)C)cc(OC)cc4c4cc(OC)cc(C(C)(C)C)c4o3)oc3c(C(C)(C)C)cc(OC)cc3c2c1. The lowest BCUT2D eigenvalue weighted by Gasteiger charge is -2.21. The van der Waals surface area contributed by atoms with Crippen LogP contribution in [-0.2, 0) is 21.7 Å². The Kier molecular flexibility index (Phi) is 11.5. The van der Waals surface area contributed by atoms with Crippen LogP contribution in [0.25, 0.3) is 43.9 Å². The zero-order valence-electron chi connectivity index (χ0n) is 36.3. The van der Waals surface area contributed by atoms with Crippen LogP contribution in [0.4, 0.5) is 0 Å². The molecule has 12 heteroatoms. The molecule has 2 aromatic heterocycles. The van der Waals surface area contributed by atoms with Crippen molar-refractivity contribution >= 4 is 60.4 Å². The Bertz CT molecular complexity index is 2190. The summed E-state index contributed by atoms with van der Waals surface area (Å²) < 4.78 is 63.3. The van der Waals surface area contributed by atoms with Crippen molar-refractivity contribution < 1.29 is 44.8 Å². The van der Waals surface area contributed by atoms with Crippen molar-refractivity contribution in [2.75, 3.05) is 35.2 Å². The van der Waals surface area contributed by atoms with Crippen molar-refractivity contribution in [2.24, 2.45) is 0 Å². The molecule has 10 nitrogen and oxygen atoms in total.